The molecule has 19 heavy (non-hydrogen) atoms. The van der Waals surface area contributed by atoms with Crippen LogP contribution in [-0.2, 0) is 0 Å². The van der Waals surface area contributed by atoms with Crippen LogP contribution in [0.1, 0.15) is 57.8 Å². The summed E-state index contributed by atoms with van der Waals surface area (Å²) in [5.41, 5.74) is 0. The molecule has 0 saturated heterocycles. The fourth-order valence-electron chi connectivity index (χ4n) is 4.57. The van der Waals surface area contributed by atoms with E-state index in [1.807, 2.05) is 11.9 Å². The zero-order valence-electron chi connectivity index (χ0n) is 12.2. The van der Waals surface area contributed by atoms with Gasteiger partial charge in [-0.05, 0) is 49.9 Å². The van der Waals surface area contributed by atoms with Gasteiger partial charge in [0.1, 0.15) is 0 Å². The second-order valence-electron chi connectivity index (χ2n) is 7.10. The Morgan fingerprint density at radius 1 is 1.11 bits per heavy atom. The Kier molecular flexibility index (Phi) is 3.99. The van der Waals surface area contributed by atoms with Crippen LogP contribution in [0.4, 0.5) is 4.79 Å². The molecule has 0 aliphatic heterocycles. The summed E-state index contributed by atoms with van der Waals surface area (Å²) in [7, 11) is 1.98. The molecule has 2 amide bonds. The molecule has 0 aromatic heterocycles. The van der Waals surface area contributed by atoms with Crippen molar-refractivity contribution < 1.29 is 4.79 Å². The van der Waals surface area contributed by atoms with Crippen molar-refractivity contribution in [2.45, 2.75) is 63.8 Å². The standard InChI is InChI=1S/C16H28N2O/c1-18(11-14-10-12-7-8-13(14)9-12)16(19)17-15-5-3-2-4-6-15/h12-15H,2-11H2,1H3,(H,17,19). The molecule has 0 radical (unpaired) electrons. The molecule has 3 heteroatoms. The molecule has 0 aromatic carbocycles. The molecule has 3 aliphatic carbocycles. The largest absolute Gasteiger partial charge is 0.335 e. The molecule has 0 spiro atoms. The van der Waals surface area contributed by atoms with Crippen molar-refractivity contribution in [3.05, 3.63) is 0 Å². The third-order valence-corrected chi connectivity index (χ3v) is 5.67. The van der Waals surface area contributed by atoms with Crippen LogP contribution < -0.4 is 5.32 Å². The predicted octanol–water partition coefficient (Wildman–Crippen LogP) is 3.40. The first-order valence-corrected chi connectivity index (χ1v) is 8.24. The smallest absolute Gasteiger partial charge is 0.317 e. The molecule has 3 saturated carbocycles. The lowest BCUT2D eigenvalue weighted by molar-refractivity contribution is 0.181. The number of amides is 2. The van der Waals surface area contributed by atoms with Crippen LogP contribution in [0.2, 0.25) is 0 Å². The second kappa shape index (κ2) is 5.72. The highest BCUT2D eigenvalue weighted by Gasteiger charge is 2.40. The summed E-state index contributed by atoms with van der Waals surface area (Å²) in [6, 6.07) is 0.596. The minimum absolute atomic E-state index is 0.162. The van der Waals surface area contributed by atoms with Crippen LogP contribution in [0.5, 0.6) is 0 Å². The normalized spacial score (nSPS) is 34.5. The molecule has 3 atom stereocenters. The lowest BCUT2D eigenvalue weighted by Gasteiger charge is -2.30. The van der Waals surface area contributed by atoms with Crippen molar-refractivity contribution in [1.29, 1.82) is 0 Å². The highest BCUT2D eigenvalue weighted by molar-refractivity contribution is 5.74. The molecule has 3 nitrogen and oxygen atoms in total. The van der Waals surface area contributed by atoms with Gasteiger partial charge in [-0.3, -0.25) is 0 Å². The molecule has 0 heterocycles. The zero-order chi connectivity index (χ0) is 13.2. The molecule has 0 aromatic rings. The summed E-state index contributed by atoms with van der Waals surface area (Å²) >= 11 is 0. The molecule has 2 bridgehead atoms. The summed E-state index contributed by atoms with van der Waals surface area (Å²) in [5, 5.41) is 3.22. The van der Waals surface area contributed by atoms with Crippen LogP contribution >= 0.6 is 0 Å². The van der Waals surface area contributed by atoms with Crippen LogP contribution in [0.3, 0.4) is 0 Å². The lowest BCUT2D eigenvalue weighted by Crippen LogP contribution is -2.45. The Labute approximate surface area is 117 Å². The minimum Gasteiger partial charge on any atom is -0.335 e. The number of carbonyl (C=O) groups is 1. The van der Waals surface area contributed by atoms with Crippen LogP contribution in [0.25, 0.3) is 0 Å². The van der Waals surface area contributed by atoms with E-state index >= 15 is 0 Å². The Balaban J connectivity index is 1.44. The first-order chi connectivity index (χ1) is 9.22. The number of fused-ring (bicyclic) bond motifs is 2. The van der Waals surface area contributed by atoms with Crippen molar-refractivity contribution in [3.63, 3.8) is 0 Å². The molecular formula is C16H28N2O. The number of carbonyl (C=O) groups excluding carboxylic acids is 1. The third kappa shape index (κ3) is 3.06. The highest BCUT2D eigenvalue weighted by Crippen LogP contribution is 2.48. The first-order valence-electron chi connectivity index (χ1n) is 8.24. The summed E-state index contributed by atoms with van der Waals surface area (Å²) < 4.78 is 0. The first kappa shape index (κ1) is 13.3. The van der Waals surface area contributed by atoms with Crippen LogP contribution in [0.15, 0.2) is 0 Å². The number of nitrogens with one attached hydrogen (secondary N) is 1. The SMILES string of the molecule is CN(CC1CC2CCC1C2)C(=O)NC1CCCCC1. The summed E-state index contributed by atoms with van der Waals surface area (Å²) in [5.74, 6) is 2.67. The van der Waals surface area contributed by atoms with Gasteiger partial charge in [0.05, 0.1) is 0 Å². The number of nitrogens with zero attached hydrogens (tertiary/aromatic N) is 1. The maximum atomic E-state index is 12.2. The summed E-state index contributed by atoms with van der Waals surface area (Å²) in [4.78, 5) is 14.2. The lowest BCUT2D eigenvalue weighted by atomic mass is 9.88. The summed E-state index contributed by atoms with van der Waals surface area (Å²) in [6.07, 6.45) is 11.9. The van der Waals surface area contributed by atoms with E-state index in [4.69, 9.17) is 0 Å². The monoisotopic (exact) mass is 264 g/mol. The van der Waals surface area contributed by atoms with Gasteiger partial charge in [-0.1, -0.05) is 25.7 Å². The zero-order valence-corrected chi connectivity index (χ0v) is 12.2. The van der Waals surface area contributed by atoms with E-state index in [0.717, 1.165) is 24.3 Å². The van der Waals surface area contributed by atoms with E-state index in [1.165, 1.54) is 57.8 Å². The molecule has 108 valence electrons. The van der Waals surface area contributed by atoms with E-state index in [1.54, 1.807) is 0 Å². The van der Waals surface area contributed by atoms with Crippen molar-refractivity contribution in [2.24, 2.45) is 17.8 Å². The van der Waals surface area contributed by atoms with Gasteiger partial charge in [-0.15, -0.1) is 0 Å². The van der Waals surface area contributed by atoms with E-state index in [0.29, 0.717) is 6.04 Å². The van der Waals surface area contributed by atoms with Gasteiger partial charge in [-0.2, -0.15) is 0 Å². The Bertz CT molecular complexity index is 325. The van der Waals surface area contributed by atoms with Gasteiger partial charge in [-0.25, -0.2) is 4.79 Å². The van der Waals surface area contributed by atoms with Gasteiger partial charge in [0.2, 0.25) is 0 Å². The van der Waals surface area contributed by atoms with E-state index in [-0.39, 0.29) is 6.03 Å². The second-order valence-corrected chi connectivity index (χ2v) is 7.10. The average Bonchev–Trinajstić information content (AvgIpc) is 3.02. The number of hydrogen-bond acceptors (Lipinski definition) is 1. The van der Waals surface area contributed by atoms with Crippen molar-refractivity contribution >= 4 is 6.03 Å². The fraction of sp³-hybridized carbons (Fsp3) is 0.938. The van der Waals surface area contributed by atoms with E-state index in [2.05, 4.69) is 5.32 Å². The Hall–Kier alpha value is -0.730. The Morgan fingerprint density at radius 2 is 1.89 bits per heavy atom. The molecule has 3 aliphatic rings. The van der Waals surface area contributed by atoms with Gasteiger partial charge in [0.15, 0.2) is 0 Å². The molecule has 3 rings (SSSR count). The average molecular weight is 264 g/mol. The maximum Gasteiger partial charge on any atom is 0.317 e. The number of rotatable bonds is 3. The fourth-order valence-corrected chi connectivity index (χ4v) is 4.57. The molecule has 3 unspecified atom stereocenters. The highest BCUT2D eigenvalue weighted by atomic mass is 16.2. The van der Waals surface area contributed by atoms with E-state index in [9.17, 15) is 4.79 Å². The van der Waals surface area contributed by atoms with Gasteiger partial charge in [0.25, 0.3) is 0 Å². The third-order valence-electron chi connectivity index (χ3n) is 5.67. The minimum atomic E-state index is 0.162. The van der Waals surface area contributed by atoms with E-state index < -0.39 is 0 Å². The number of urea groups is 1. The number of hydrogen-bond donors (Lipinski definition) is 1. The Morgan fingerprint density at radius 3 is 2.53 bits per heavy atom. The molecular weight excluding hydrogens is 236 g/mol. The van der Waals surface area contributed by atoms with Crippen molar-refractivity contribution in [1.82, 2.24) is 10.2 Å². The van der Waals surface area contributed by atoms with Crippen molar-refractivity contribution in [2.75, 3.05) is 13.6 Å². The van der Waals surface area contributed by atoms with Crippen molar-refractivity contribution in [3.8, 4) is 0 Å². The van der Waals surface area contributed by atoms with Gasteiger partial charge < -0.3 is 10.2 Å². The van der Waals surface area contributed by atoms with Crippen LogP contribution in [0, 0.1) is 17.8 Å². The van der Waals surface area contributed by atoms with Gasteiger partial charge in [0, 0.05) is 19.6 Å². The predicted molar refractivity (Wildman–Crippen MR) is 77.0 cm³/mol. The molecule has 1 N–H and O–H groups in total. The topological polar surface area (TPSA) is 32.3 Å². The van der Waals surface area contributed by atoms with Gasteiger partial charge >= 0.3 is 6.03 Å². The van der Waals surface area contributed by atoms with Crippen LogP contribution in [-0.4, -0.2) is 30.6 Å². The summed E-state index contributed by atoms with van der Waals surface area (Å²) in [6.45, 7) is 0.972. The quantitative estimate of drug-likeness (QED) is 0.832. The maximum absolute atomic E-state index is 12.2. The molecule has 3 fully saturated rings.